The molecule has 0 spiro atoms. The minimum absolute atomic E-state index is 0.518. The van der Waals surface area contributed by atoms with Crippen molar-refractivity contribution in [3.05, 3.63) is 36.5 Å². The van der Waals surface area contributed by atoms with Crippen LogP contribution in [0.5, 0.6) is 0 Å². The zero-order valence-corrected chi connectivity index (χ0v) is 10.3. The minimum Gasteiger partial charge on any atom is -0.341 e. The van der Waals surface area contributed by atoms with E-state index in [0.717, 1.165) is 30.0 Å². The van der Waals surface area contributed by atoms with E-state index >= 15 is 0 Å². The first kappa shape index (κ1) is 11.8. The highest BCUT2D eigenvalue weighted by molar-refractivity contribution is 5.57. The van der Waals surface area contributed by atoms with Crippen LogP contribution in [0.15, 0.2) is 30.7 Å². The van der Waals surface area contributed by atoms with Gasteiger partial charge in [-0.2, -0.15) is 0 Å². The Morgan fingerprint density at radius 1 is 1.35 bits per heavy atom. The SMILES string of the molecule is CCC(C)NCc1ncc(-c2ccncc2)[nH]1. The number of pyridine rings is 1. The Labute approximate surface area is 102 Å². The van der Waals surface area contributed by atoms with E-state index in [9.17, 15) is 0 Å². The molecule has 0 bridgehead atoms. The molecular weight excluding hydrogens is 212 g/mol. The average molecular weight is 230 g/mol. The number of nitrogens with one attached hydrogen (secondary N) is 2. The molecule has 2 N–H and O–H groups in total. The van der Waals surface area contributed by atoms with Gasteiger partial charge in [-0.25, -0.2) is 4.98 Å². The predicted octanol–water partition coefficient (Wildman–Crippen LogP) is 2.36. The zero-order valence-electron chi connectivity index (χ0n) is 10.3. The third-order valence-corrected chi connectivity index (χ3v) is 2.85. The van der Waals surface area contributed by atoms with Crippen LogP contribution in [0.4, 0.5) is 0 Å². The second-order valence-electron chi connectivity index (χ2n) is 4.17. The molecule has 2 rings (SSSR count). The highest BCUT2D eigenvalue weighted by Gasteiger charge is 2.04. The van der Waals surface area contributed by atoms with Gasteiger partial charge in [0.1, 0.15) is 5.82 Å². The number of H-pyrrole nitrogens is 1. The molecule has 1 unspecified atom stereocenters. The van der Waals surface area contributed by atoms with Gasteiger partial charge in [0.05, 0.1) is 18.4 Å². The molecule has 0 amide bonds. The monoisotopic (exact) mass is 230 g/mol. The van der Waals surface area contributed by atoms with E-state index in [2.05, 4.69) is 34.1 Å². The van der Waals surface area contributed by atoms with Crippen LogP contribution in [0.2, 0.25) is 0 Å². The quantitative estimate of drug-likeness (QED) is 0.829. The predicted molar refractivity (Wildman–Crippen MR) is 68.4 cm³/mol. The van der Waals surface area contributed by atoms with Crippen molar-refractivity contribution in [1.29, 1.82) is 0 Å². The lowest BCUT2D eigenvalue weighted by molar-refractivity contribution is 0.525. The van der Waals surface area contributed by atoms with Crippen LogP contribution in [0.1, 0.15) is 26.1 Å². The molecule has 1 atom stereocenters. The van der Waals surface area contributed by atoms with Gasteiger partial charge in [0, 0.05) is 24.0 Å². The van der Waals surface area contributed by atoms with Crippen molar-refractivity contribution in [2.24, 2.45) is 0 Å². The maximum Gasteiger partial charge on any atom is 0.120 e. The van der Waals surface area contributed by atoms with Crippen LogP contribution in [-0.2, 0) is 6.54 Å². The molecule has 0 radical (unpaired) electrons. The van der Waals surface area contributed by atoms with Crippen LogP contribution < -0.4 is 5.32 Å². The summed E-state index contributed by atoms with van der Waals surface area (Å²) in [4.78, 5) is 11.7. The summed E-state index contributed by atoms with van der Waals surface area (Å²) in [6.45, 7) is 5.12. The van der Waals surface area contributed by atoms with Crippen LogP contribution in [-0.4, -0.2) is 21.0 Å². The second kappa shape index (κ2) is 5.59. The largest absolute Gasteiger partial charge is 0.341 e. The topological polar surface area (TPSA) is 53.6 Å². The first-order valence-electron chi connectivity index (χ1n) is 5.97. The molecule has 0 aromatic carbocycles. The van der Waals surface area contributed by atoms with Crippen molar-refractivity contribution in [2.45, 2.75) is 32.9 Å². The molecule has 4 heteroatoms. The number of nitrogens with zero attached hydrogens (tertiary/aromatic N) is 2. The molecule has 0 aliphatic rings. The fourth-order valence-corrected chi connectivity index (χ4v) is 1.55. The number of imidazole rings is 1. The third kappa shape index (κ3) is 3.14. The number of hydrogen-bond donors (Lipinski definition) is 2. The maximum absolute atomic E-state index is 4.36. The van der Waals surface area contributed by atoms with Crippen molar-refractivity contribution in [3.63, 3.8) is 0 Å². The molecule has 0 aliphatic carbocycles. The first-order chi connectivity index (χ1) is 8.29. The van der Waals surface area contributed by atoms with Crippen LogP contribution in [0.3, 0.4) is 0 Å². The molecule has 2 heterocycles. The lowest BCUT2D eigenvalue weighted by Crippen LogP contribution is -2.24. The van der Waals surface area contributed by atoms with Crippen molar-refractivity contribution in [1.82, 2.24) is 20.3 Å². The van der Waals surface area contributed by atoms with E-state index in [0.29, 0.717) is 6.04 Å². The normalized spacial score (nSPS) is 12.6. The summed E-state index contributed by atoms with van der Waals surface area (Å²) < 4.78 is 0. The number of aromatic amines is 1. The van der Waals surface area contributed by atoms with Gasteiger partial charge in [0.15, 0.2) is 0 Å². The highest BCUT2D eigenvalue weighted by atomic mass is 15.0. The van der Waals surface area contributed by atoms with Gasteiger partial charge in [-0.15, -0.1) is 0 Å². The molecule has 0 saturated heterocycles. The van der Waals surface area contributed by atoms with Crippen molar-refractivity contribution >= 4 is 0 Å². The summed E-state index contributed by atoms with van der Waals surface area (Å²) in [6.07, 6.45) is 6.56. The Morgan fingerprint density at radius 2 is 2.12 bits per heavy atom. The zero-order chi connectivity index (χ0) is 12.1. The van der Waals surface area contributed by atoms with Crippen LogP contribution in [0, 0.1) is 0 Å². The summed E-state index contributed by atoms with van der Waals surface area (Å²) in [5, 5.41) is 3.41. The summed E-state index contributed by atoms with van der Waals surface area (Å²) in [5.74, 6) is 0.970. The number of aromatic nitrogens is 3. The molecule has 4 nitrogen and oxygen atoms in total. The van der Waals surface area contributed by atoms with Crippen molar-refractivity contribution in [2.75, 3.05) is 0 Å². The molecule has 2 aromatic rings. The van der Waals surface area contributed by atoms with E-state index < -0.39 is 0 Å². The summed E-state index contributed by atoms with van der Waals surface area (Å²) in [5.41, 5.74) is 2.15. The third-order valence-electron chi connectivity index (χ3n) is 2.85. The van der Waals surface area contributed by atoms with Gasteiger partial charge in [-0.1, -0.05) is 6.92 Å². The van der Waals surface area contributed by atoms with Gasteiger partial charge >= 0.3 is 0 Å². The second-order valence-corrected chi connectivity index (χ2v) is 4.17. The highest BCUT2D eigenvalue weighted by Crippen LogP contribution is 2.15. The molecule has 17 heavy (non-hydrogen) atoms. The van der Waals surface area contributed by atoms with E-state index in [1.165, 1.54) is 0 Å². The number of rotatable bonds is 5. The fourth-order valence-electron chi connectivity index (χ4n) is 1.55. The Kier molecular flexibility index (Phi) is 3.88. The molecule has 0 fully saturated rings. The molecule has 2 aromatic heterocycles. The average Bonchev–Trinajstić information content (AvgIpc) is 2.86. The van der Waals surface area contributed by atoms with Crippen molar-refractivity contribution < 1.29 is 0 Å². The number of hydrogen-bond acceptors (Lipinski definition) is 3. The van der Waals surface area contributed by atoms with Crippen LogP contribution >= 0.6 is 0 Å². The molecule has 90 valence electrons. The van der Waals surface area contributed by atoms with Gasteiger partial charge < -0.3 is 10.3 Å². The van der Waals surface area contributed by atoms with Gasteiger partial charge in [0.2, 0.25) is 0 Å². The smallest absolute Gasteiger partial charge is 0.120 e. The first-order valence-corrected chi connectivity index (χ1v) is 5.97. The van der Waals surface area contributed by atoms with E-state index in [4.69, 9.17) is 0 Å². The lowest BCUT2D eigenvalue weighted by atomic mass is 10.2. The maximum atomic E-state index is 4.36. The van der Waals surface area contributed by atoms with Crippen molar-refractivity contribution in [3.8, 4) is 11.3 Å². The van der Waals surface area contributed by atoms with Gasteiger partial charge in [0.25, 0.3) is 0 Å². The van der Waals surface area contributed by atoms with Gasteiger partial charge in [-0.3, -0.25) is 4.98 Å². The Morgan fingerprint density at radius 3 is 2.82 bits per heavy atom. The fraction of sp³-hybridized carbons (Fsp3) is 0.385. The molecule has 0 saturated carbocycles. The standard InChI is InChI=1S/C13H18N4/c1-3-10(2)15-9-13-16-8-12(17-13)11-4-6-14-7-5-11/h4-8,10,15H,3,9H2,1-2H3,(H,16,17). The molecule has 0 aliphatic heterocycles. The van der Waals surface area contributed by atoms with E-state index in [1.54, 1.807) is 12.4 Å². The molecular formula is C13H18N4. The van der Waals surface area contributed by atoms with E-state index in [1.807, 2.05) is 18.3 Å². The Bertz CT molecular complexity index is 449. The summed E-state index contributed by atoms with van der Waals surface area (Å²) >= 11 is 0. The summed E-state index contributed by atoms with van der Waals surface area (Å²) in [6, 6.07) is 4.46. The minimum atomic E-state index is 0.518. The van der Waals surface area contributed by atoms with Gasteiger partial charge in [-0.05, 0) is 25.5 Å². The Balaban J connectivity index is 2.01. The van der Waals surface area contributed by atoms with E-state index in [-0.39, 0.29) is 0 Å². The summed E-state index contributed by atoms with van der Waals surface area (Å²) in [7, 11) is 0. The van der Waals surface area contributed by atoms with Crippen LogP contribution in [0.25, 0.3) is 11.3 Å². The lowest BCUT2D eigenvalue weighted by Gasteiger charge is -2.08. The Hall–Kier alpha value is -1.68.